The van der Waals surface area contributed by atoms with Gasteiger partial charge in [0.05, 0.1) is 27.8 Å². The van der Waals surface area contributed by atoms with Gasteiger partial charge in [0.2, 0.25) is 0 Å². The highest BCUT2D eigenvalue weighted by Gasteiger charge is 2.52. The lowest BCUT2D eigenvalue weighted by Crippen LogP contribution is -2.26. The minimum atomic E-state index is -3.51. The quantitative estimate of drug-likeness (QED) is 0.142. The fourth-order valence-corrected chi connectivity index (χ4v) is 15.0. The molecule has 1 aliphatic heterocycles. The van der Waals surface area contributed by atoms with Crippen LogP contribution in [0.3, 0.4) is 0 Å². The second kappa shape index (κ2) is 16.6. The number of para-hydroxylation sites is 3. The topological polar surface area (TPSA) is 26.8 Å². The van der Waals surface area contributed by atoms with Crippen molar-refractivity contribution in [3.8, 4) is 44.5 Å². The van der Waals surface area contributed by atoms with Gasteiger partial charge in [-0.2, -0.15) is 0 Å². The number of nitrogens with zero attached hydrogens (tertiary/aromatic N) is 3. The lowest BCUT2D eigenvalue weighted by Gasteiger charge is -2.33. The van der Waals surface area contributed by atoms with Crippen LogP contribution in [0.25, 0.3) is 44.5 Å². The van der Waals surface area contributed by atoms with Crippen LogP contribution in [-0.2, 0) is 9.98 Å². The number of benzene rings is 11. The molecule has 340 valence electrons. The minimum Gasteiger partial charge on any atom is -0.310 e. The molecule has 3 aliphatic rings. The van der Waals surface area contributed by atoms with E-state index in [-0.39, 0.29) is 0 Å². The summed E-state index contributed by atoms with van der Waals surface area (Å²) in [5, 5.41) is 0.762. The first kappa shape index (κ1) is 42.0. The maximum atomic E-state index is 16.3. The Kier molecular flexibility index (Phi) is 9.67. The molecule has 11 aromatic carbocycles. The predicted octanol–water partition coefficient (Wildman–Crippen LogP) is 17.6. The van der Waals surface area contributed by atoms with Gasteiger partial charge in [-0.05, 0) is 140 Å². The zero-order valence-corrected chi connectivity index (χ0v) is 40.1. The normalized spacial score (nSPS) is 15.4. The van der Waals surface area contributed by atoms with Crippen molar-refractivity contribution in [2.45, 2.75) is 5.41 Å². The summed E-state index contributed by atoms with van der Waals surface area (Å²) in [6, 6.07) is 99.3. The van der Waals surface area contributed by atoms with Gasteiger partial charge in [-0.1, -0.05) is 200 Å². The summed E-state index contributed by atoms with van der Waals surface area (Å²) >= 11 is 0. The predicted molar refractivity (Wildman–Crippen MR) is 299 cm³/mol. The molecule has 0 N–H and O–H groups in total. The molecule has 1 heterocycles. The summed E-state index contributed by atoms with van der Waals surface area (Å²) in [4.78, 5) is 2.43. The molecular weight excluding hydrogens is 894 g/mol. The summed E-state index contributed by atoms with van der Waals surface area (Å²) in [6.07, 6.45) is 0. The van der Waals surface area contributed by atoms with Crippen molar-refractivity contribution in [1.29, 1.82) is 0 Å². The standard InChI is InChI=1S/C67H46N3OP/c71-72(54-27-11-4-12-28-54)69(51-23-7-2-8-24-51)65-44-39-49(45-66(65)70(72)52-25-9-3-10-26-52)47-37-40-50(41-38-47)68(64-36-20-16-29-55(64)48-21-5-1-6-22-48)53-42-43-59-58-32-15-19-35-62(58)67(63(59)46-53)60-33-17-13-30-56(60)57-31-14-18-34-61(57)67/h1-46H. The third-order valence-electron chi connectivity index (χ3n) is 15.0. The fraction of sp³-hybridized carbons (Fsp3) is 0.0149. The molecule has 0 saturated heterocycles. The molecule has 0 aromatic heterocycles. The molecule has 2 aliphatic carbocycles. The van der Waals surface area contributed by atoms with E-state index in [1.165, 1.54) is 44.5 Å². The fourth-order valence-electron chi connectivity index (χ4n) is 12.0. The average molecular weight is 940 g/mol. The summed E-state index contributed by atoms with van der Waals surface area (Å²) < 4.78 is 20.4. The Balaban J connectivity index is 0.940. The minimum absolute atomic E-state index is 0.481. The molecule has 0 radical (unpaired) electrons. The van der Waals surface area contributed by atoms with Gasteiger partial charge in [0, 0.05) is 28.3 Å². The average Bonchev–Trinajstić information content (AvgIpc) is 4.03. The molecule has 5 heteroatoms. The third kappa shape index (κ3) is 6.16. The van der Waals surface area contributed by atoms with Crippen molar-refractivity contribution in [1.82, 2.24) is 0 Å². The molecule has 0 bridgehead atoms. The maximum Gasteiger partial charge on any atom is 0.301 e. The first-order chi connectivity index (χ1) is 35.6. The van der Waals surface area contributed by atoms with Gasteiger partial charge in [-0.25, -0.2) is 0 Å². The Morgan fingerprint density at radius 2 is 0.764 bits per heavy atom. The monoisotopic (exact) mass is 939 g/mol. The van der Waals surface area contributed by atoms with Gasteiger partial charge >= 0.3 is 7.44 Å². The molecule has 72 heavy (non-hydrogen) atoms. The largest absolute Gasteiger partial charge is 0.310 e. The molecule has 4 nitrogen and oxygen atoms in total. The molecule has 1 atom stereocenters. The number of hydrogen-bond donors (Lipinski definition) is 0. The molecule has 0 saturated carbocycles. The lowest BCUT2D eigenvalue weighted by molar-refractivity contribution is 0.582. The van der Waals surface area contributed by atoms with Crippen molar-refractivity contribution in [3.63, 3.8) is 0 Å². The summed E-state index contributed by atoms with van der Waals surface area (Å²) in [5.41, 5.74) is 21.0. The molecule has 0 fully saturated rings. The molecule has 14 rings (SSSR count). The van der Waals surface area contributed by atoms with Gasteiger partial charge in [0.25, 0.3) is 0 Å². The summed E-state index contributed by atoms with van der Waals surface area (Å²) in [7, 11) is -3.51. The van der Waals surface area contributed by atoms with Crippen molar-refractivity contribution >= 4 is 52.6 Å². The molecule has 0 amide bonds. The van der Waals surface area contributed by atoms with Crippen molar-refractivity contribution in [2.75, 3.05) is 14.2 Å². The Morgan fingerprint density at radius 3 is 1.35 bits per heavy atom. The number of fused-ring (bicyclic) bond motifs is 11. The molecule has 11 aromatic rings. The Morgan fingerprint density at radius 1 is 0.319 bits per heavy atom. The number of hydrogen-bond acceptors (Lipinski definition) is 2. The van der Waals surface area contributed by atoms with E-state index >= 15 is 4.57 Å². The first-order valence-electron chi connectivity index (χ1n) is 24.6. The van der Waals surface area contributed by atoms with E-state index in [1.54, 1.807) is 0 Å². The van der Waals surface area contributed by atoms with Gasteiger partial charge in [-0.15, -0.1) is 0 Å². The van der Waals surface area contributed by atoms with Crippen LogP contribution in [0.4, 0.5) is 39.8 Å². The number of rotatable bonds is 8. The zero-order valence-electron chi connectivity index (χ0n) is 39.3. The molecule has 1 unspecified atom stereocenters. The van der Waals surface area contributed by atoms with E-state index in [4.69, 9.17) is 0 Å². The SMILES string of the molecule is O=P1(c2ccccc2)N(c2ccccc2)c2ccc(-c3ccc(N(c4ccc5c(c4)C4(c6ccccc6-c6ccccc64)c4ccccc4-5)c4ccccc4-c4ccccc4)cc3)cc2N1c1ccccc1. The van der Waals surface area contributed by atoms with Crippen LogP contribution in [0.5, 0.6) is 0 Å². The highest BCUT2D eigenvalue weighted by atomic mass is 31.2. The van der Waals surface area contributed by atoms with Crippen LogP contribution in [0, 0.1) is 0 Å². The Hall–Kier alpha value is -8.95. The van der Waals surface area contributed by atoms with Crippen molar-refractivity contribution in [3.05, 3.63) is 301 Å². The van der Waals surface area contributed by atoms with E-state index in [9.17, 15) is 0 Å². The second-order valence-corrected chi connectivity index (χ2v) is 21.2. The Labute approximate surface area is 420 Å². The smallest absolute Gasteiger partial charge is 0.301 e. The van der Waals surface area contributed by atoms with Gasteiger partial charge in [0.15, 0.2) is 0 Å². The summed E-state index contributed by atoms with van der Waals surface area (Å²) in [5.74, 6) is 0. The first-order valence-corrected chi connectivity index (χ1v) is 26.2. The summed E-state index contributed by atoms with van der Waals surface area (Å²) in [6.45, 7) is 0. The highest BCUT2D eigenvalue weighted by Crippen LogP contribution is 2.70. The van der Waals surface area contributed by atoms with Crippen molar-refractivity contribution in [2.24, 2.45) is 0 Å². The third-order valence-corrected chi connectivity index (χ3v) is 17.9. The van der Waals surface area contributed by atoms with Crippen LogP contribution in [-0.4, -0.2) is 0 Å². The van der Waals surface area contributed by atoms with Gasteiger partial charge < -0.3 is 4.90 Å². The van der Waals surface area contributed by atoms with E-state index in [2.05, 4.69) is 214 Å². The highest BCUT2D eigenvalue weighted by molar-refractivity contribution is 7.76. The van der Waals surface area contributed by atoms with E-state index in [1.807, 2.05) is 78.9 Å². The second-order valence-electron chi connectivity index (χ2n) is 18.8. The maximum absolute atomic E-state index is 16.3. The lowest BCUT2D eigenvalue weighted by atomic mass is 9.70. The molecule has 1 spiro atoms. The van der Waals surface area contributed by atoms with E-state index in [0.717, 1.165) is 67.4 Å². The van der Waals surface area contributed by atoms with Crippen LogP contribution in [0.2, 0.25) is 0 Å². The van der Waals surface area contributed by atoms with Crippen LogP contribution >= 0.6 is 7.44 Å². The number of anilines is 7. The Bertz CT molecular complexity index is 3850. The van der Waals surface area contributed by atoms with E-state index < -0.39 is 12.9 Å². The zero-order chi connectivity index (χ0) is 47.8. The molecular formula is C67H46N3OP. The van der Waals surface area contributed by atoms with Crippen LogP contribution < -0.4 is 19.5 Å². The van der Waals surface area contributed by atoms with E-state index in [0.29, 0.717) is 0 Å². The van der Waals surface area contributed by atoms with Crippen molar-refractivity contribution < 1.29 is 4.57 Å². The van der Waals surface area contributed by atoms with Crippen LogP contribution in [0.15, 0.2) is 279 Å². The van der Waals surface area contributed by atoms with Gasteiger partial charge in [0.1, 0.15) is 0 Å². The van der Waals surface area contributed by atoms with Crippen LogP contribution in [0.1, 0.15) is 22.3 Å². The van der Waals surface area contributed by atoms with Gasteiger partial charge in [-0.3, -0.25) is 13.9 Å².